The minimum Gasteiger partial charge on any atom is -0.379 e. The Hall–Kier alpha value is -3.04. The molecule has 37 heavy (non-hydrogen) atoms. The lowest BCUT2D eigenvalue weighted by atomic mass is 10.0. The molecule has 3 aliphatic rings. The van der Waals surface area contributed by atoms with Gasteiger partial charge in [0.15, 0.2) is 0 Å². The van der Waals surface area contributed by atoms with Crippen LogP contribution in [0, 0.1) is 11.7 Å². The Balaban J connectivity index is 1.37. The molecular formula is C28H36FN5O3. The van der Waals surface area contributed by atoms with Crippen LogP contribution in [0.4, 0.5) is 4.39 Å². The number of hydrogen-bond acceptors (Lipinski definition) is 5. The van der Waals surface area contributed by atoms with E-state index in [9.17, 15) is 14.0 Å². The van der Waals surface area contributed by atoms with E-state index in [0.29, 0.717) is 32.7 Å². The summed E-state index contributed by atoms with van der Waals surface area (Å²) in [6.07, 6.45) is 6.37. The van der Waals surface area contributed by atoms with Crippen LogP contribution in [0.15, 0.2) is 47.7 Å². The first-order valence-electron chi connectivity index (χ1n) is 13.3. The van der Waals surface area contributed by atoms with Crippen molar-refractivity contribution in [3.05, 3.63) is 59.7 Å². The number of hydrazone groups is 1. The third-order valence-electron chi connectivity index (χ3n) is 7.79. The molecule has 2 fully saturated rings. The average molecular weight is 510 g/mol. The lowest BCUT2D eigenvalue weighted by Crippen LogP contribution is -2.47. The highest BCUT2D eigenvalue weighted by Crippen LogP contribution is 2.33. The molecule has 1 aliphatic carbocycles. The summed E-state index contributed by atoms with van der Waals surface area (Å²) in [6, 6.07) is 9.83. The van der Waals surface area contributed by atoms with Crippen LogP contribution in [-0.4, -0.2) is 82.8 Å². The number of nitrogens with zero attached hydrogens (tertiary/aromatic N) is 5. The normalized spacial score (nSPS) is 20.9. The van der Waals surface area contributed by atoms with Gasteiger partial charge in [-0.2, -0.15) is 5.10 Å². The molecule has 3 heterocycles. The number of rotatable bonds is 8. The predicted molar refractivity (Wildman–Crippen MR) is 138 cm³/mol. The van der Waals surface area contributed by atoms with Gasteiger partial charge in [-0.25, -0.2) is 9.40 Å². The fraction of sp³-hybridized carbons (Fsp3) is 0.536. The summed E-state index contributed by atoms with van der Waals surface area (Å²) in [5.41, 5.74) is 2.57. The fourth-order valence-electron chi connectivity index (χ4n) is 5.62. The van der Waals surface area contributed by atoms with Crippen molar-refractivity contribution in [3.8, 4) is 0 Å². The van der Waals surface area contributed by atoms with Gasteiger partial charge < -0.3 is 14.2 Å². The molecule has 2 aromatic rings. The van der Waals surface area contributed by atoms with E-state index in [1.807, 2.05) is 29.9 Å². The minimum absolute atomic E-state index is 0.00797. The lowest BCUT2D eigenvalue weighted by Gasteiger charge is -2.32. The molecule has 198 valence electrons. The zero-order chi connectivity index (χ0) is 25.8. The van der Waals surface area contributed by atoms with Gasteiger partial charge in [-0.1, -0.05) is 25.0 Å². The number of amides is 2. The molecule has 0 spiro atoms. The summed E-state index contributed by atoms with van der Waals surface area (Å²) in [6.45, 7) is 4.27. The Morgan fingerprint density at radius 2 is 1.84 bits per heavy atom. The second-order valence-electron chi connectivity index (χ2n) is 10.3. The van der Waals surface area contributed by atoms with Crippen molar-refractivity contribution < 1.29 is 18.7 Å². The van der Waals surface area contributed by atoms with E-state index in [-0.39, 0.29) is 36.1 Å². The van der Waals surface area contributed by atoms with E-state index in [1.165, 1.54) is 17.1 Å². The number of aromatic nitrogens is 1. The Labute approximate surface area is 217 Å². The Morgan fingerprint density at radius 1 is 1.11 bits per heavy atom. The van der Waals surface area contributed by atoms with Gasteiger partial charge >= 0.3 is 0 Å². The quantitative estimate of drug-likeness (QED) is 0.548. The first-order valence-corrected chi connectivity index (χ1v) is 13.3. The maximum absolute atomic E-state index is 13.8. The highest BCUT2D eigenvalue weighted by atomic mass is 19.1. The van der Waals surface area contributed by atoms with E-state index in [2.05, 4.69) is 4.90 Å². The van der Waals surface area contributed by atoms with E-state index in [0.717, 1.165) is 55.7 Å². The SMILES string of the molecule is Cn1cccc1C1=NN(C(=O)CN(CCN2CCOCC2)C(=O)C2CCCC2)[C@H](c2ccc(F)cc2)C1. The van der Waals surface area contributed by atoms with Crippen molar-refractivity contribution in [2.24, 2.45) is 18.1 Å². The summed E-state index contributed by atoms with van der Waals surface area (Å²) in [5, 5.41) is 6.27. The summed E-state index contributed by atoms with van der Waals surface area (Å²) < 4.78 is 21.1. The van der Waals surface area contributed by atoms with Crippen LogP contribution in [0.1, 0.15) is 49.4 Å². The molecule has 0 bridgehead atoms. The topological polar surface area (TPSA) is 70.4 Å². The largest absolute Gasteiger partial charge is 0.379 e. The molecule has 0 N–H and O–H groups in total. The number of ether oxygens (including phenoxy) is 1. The van der Waals surface area contributed by atoms with Crippen LogP contribution in [0.5, 0.6) is 0 Å². The van der Waals surface area contributed by atoms with Crippen LogP contribution in [0.3, 0.4) is 0 Å². The summed E-state index contributed by atoms with van der Waals surface area (Å²) in [5.74, 6) is -0.471. The molecule has 1 aromatic carbocycles. The van der Waals surface area contributed by atoms with Gasteiger partial charge in [0, 0.05) is 51.8 Å². The third-order valence-corrected chi connectivity index (χ3v) is 7.79. The van der Waals surface area contributed by atoms with Gasteiger partial charge in [0.05, 0.1) is 30.7 Å². The standard InChI is InChI=1S/C28H36FN5O3/c1-31-12-4-7-25(31)24-19-26(21-8-10-23(29)11-9-21)34(30-24)27(35)20-33(28(36)22-5-2-3-6-22)14-13-32-15-17-37-18-16-32/h4,7-12,22,26H,2-3,5-6,13-20H2,1H3/t26-/m0/s1. The van der Waals surface area contributed by atoms with Gasteiger partial charge in [-0.3, -0.25) is 14.5 Å². The Bertz CT molecular complexity index is 1120. The van der Waals surface area contributed by atoms with Crippen molar-refractivity contribution in [2.45, 2.75) is 38.1 Å². The maximum Gasteiger partial charge on any atom is 0.262 e. The van der Waals surface area contributed by atoms with Crippen LogP contribution in [0.25, 0.3) is 0 Å². The number of carbonyl (C=O) groups is 2. The molecule has 0 radical (unpaired) electrons. The van der Waals surface area contributed by atoms with Crippen molar-refractivity contribution in [1.29, 1.82) is 0 Å². The van der Waals surface area contributed by atoms with Gasteiger partial charge in [0.1, 0.15) is 12.4 Å². The maximum atomic E-state index is 13.8. The minimum atomic E-state index is -0.347. The Morgan fingerprint density at radius 3 is 2.51 bits per heavy atom. The van der Waals surface area contributed by atoms with Gasteiger partial charge in [0.2, 0.25) is 5.91 Å². The summed E-state index contributed by atoms with van der Waals surface area (Å²) >= 11 is 0. The molecular weight excluding hydrogens is 473 g/mol. The van der Waals surface area contributed by atoms with E-state index in [1.54, 1.807) is 17.0 Å². The number of halogens is 1. The number of carbonyl (C=O) groups excluding carboxylic acids is 2. The van der Waals surface area contributed by atoms with E-state index < -0.39 is 0 Å². The molecule has 2 amide bonds. The smallest absolute Gasteiger partial charge is 0.262 e. The van der Waals surface area contributed by atoms with Crippen molar-refractivity contribution >= 4 is 17.5 Å². The zero-order valence-corrected chi connectivity index (χ0v) is 21.5. The van der Waals surface area contributed by atoms with E-state index in [4.69, 9.17) is 9.84 Å². The lowest BCUT2D eigenvalue weighted by molar-refractivity contribution is -0.144. The predicted octanol–water partition coefficient (Wildman–Crippen LogP) is 3.19. The van der Waals surface area contributed by atoms with Crippen molar-refractivity contribution in [2.75, 3.05) is 45.9 Å². The number of morpholine rings is 1. The van der Waals surface area contributed by atoms with Crippen molar-refractivity contribution in [3.63, 3.8) is 0 Å². The molecule has 1 saturated carbocycles. The molecule has 1 aromatic heterocycles. The zero-order valence-electron chi connectivity index (χ0n) is 21.5. The molecule has 1 saturated heterocycles. The van der Waals surface area contributed by atoms with E-state index >= 15 is 0 Å². The highest BCUT2D eigenvalue weighted by Gasteiger charge is 2.36. The van der Waals surface area contributed by atoms with Crippen LogP contribution in [-0.2, 0) is 21.4 Å². The second kappa shape index (κ2) is 11.6. The molecule has 1 atom stereocenters. The van der Waals surface area contributed by atoms with Crippen molar-refractivity contribution in [1.82, 2.24) is 19.4 Å². The average Bonchev–Trinajstić information content (AvgIpc) is 3.68. The second-order valence-corrected chi connectivity index (χ2v) is 10.3. The molecule has 0 unspecified atom stereocenters. The summed E-state index contributed by atoms with van der Waals surface area (Å²) in [4.78, 5) is 31.3. The Kier molecular flexibility index (Phi) is 8.00. The number of hydrogen-bond donors (Lipinski definition) is 0. The molecule has 5 rings (SSSR count). The summed E-state index contributed by atoms with van der Waals surface area (Å²) in [7, 11) is 1.95. The number of aryl methyl sites for hydroxylation is 1. The van der Waals surface area contributed by atoms with Crippen LogP contribution < -0.4 is 0 Å². The number of benzene rings is 1. The first-order chi connectivity index (χ1) is 18.0. The van der Waals surface area contributed by atoms with Crippen LogP contribution >= 0.6 is 0 Å². The van der Waals surface area contributed by atoms with Gasteiger partial charge in [-0.15, -0.1) is 0 Å². The molecule has 8 nitrogen and oxygen atoms in total. The highest BCUT2D eigenvalue weighted by molar-refractivity contribution is 6.02. The fourth-order valence-corrected chi connectivity index (χ4v) is 5.62. The van der Waals surface area contributed by atoms with Gasteiger partial charge in [-0.05, 0) is 42.7 Å². The van der Waals surface area contributed by atoms with Gasteiger partial charge in [0.25, 0.3) is 5.91 Å². The third kappa shape index (κ3) is 5.93. The monoisotopic (exact) mass is 509 g/mol. The first kappa shape index (κ1) is 25.6. The molecule has 2 aliphatic heterocycles. The van der Waals surface area contributed by atoms with Crippen LogP contribution in [0.2, 0.25) is 0 Å². The molecule has 9 heteroatoms.